The SMILES string of the molecule is COc1ccc(S(=O)(=O)C2CN(C(=O)COc3ccccc3F)C2)cc1. The van der Waals surface area contributed by atoms with E-state index in [9.17, 15) is 17.6 Å². The number of hydrogen-bond acceptors (Lipinski definition) is 5. The van der Waals surface area contributed by atoms with Gasteiger partial charge in [0.25, 0.3) is 5.91 Å². The van der Waals surface area contributed by atoms with E-state index < -0.39 is 20.9 Å². The highest BCUT2D eigenvalue weighted by Gasteiger charge is 2.40. The summed E-state index contributed by atoms with van der Waals surface area (Å²) in [4.78, 5) is 13.6. The fourth-order valence-corrected chi connectivity index (χ4v) is 4.24. The molecule has 6 nitrogen and oxygen atoms in total. The number of methoxy groups -OCH3 is 1. The van der Waals surface area contributed by atoms with Gasteiger partial charge in [0, 0.05) is 13.1 Å². The monoisotopic (exact) mass is 379 g/mol. The molecule has 0 aliphatic carbocycles. The van der Waals surface area contributed by atoms with Crippen LogP contribution in [0.15, 0.2) is 53.4 Å². The van der Waals surface area contributed by atoms with Crippen LogP contribution in [0.25, 0.3) is 0 Å². The largest absolute Gasteiger partial charge is 0.497 e. The molecule has 8 heteroatoms. The number of benzene rings is 2. The lowest BCUT2D eigenvalue weighted by atomic mass is 10.2. The minimum Gasteiger partial charge on any atom is -0.497 e. The van der Waals surface area contributed by atoms with Gasteiger partial charge in [0.05, 0.1) is 12.0 Å². The lowest BCUT2D eigenvalue weighted by Crippen LogP contribution is -2.57. The van der Waals surface area contributed by atoms with Crippen molar-refractivity contribution in [2.75, 3.05) is 26.8 Å². The predicted molar refractivity (Wildman–Crippen MR) is 92.4 cm³/mol. The van der Waals surface area contributed by atoms with Crippen LogP contribution < -0.4 is 9.47 Å². The normalized spacial score (nSPS) is 14.6. The Bertz CT molecular complexity index is 892. The van der Waals surface area contributed by atoms with Crippen LogP contribution in [-0.2, 0) is 14.6 Å². The van der Waals surface area contributed by atoms with Crippen molar-refractivity contribution in [1.29, 1.82) is 0 Å². The van der Waals surface area contributed by atoms with Gasteiger partial charge in [0.1, 0.15) is 11.0 Å². The molecule has 0 bridgehead atoms. The van der Waals surface area contributed by atoms with Crippen LogP contribution in [-0.4, -0.2) is 51.3 Å². The first-order chi connectivity index (χ1) is 12.4. The molecular formula is C18H18FNO5S. The topological polar surface area (TPSA) is 72.9 Å². The molecule has 1 aliphatic heterocycles. The summed E-state index contributed by atoms with van der Waals surface area (Å²) in [5, 5.41) is -0.659. The van der Waals surface area contributed by atoms with Crippen molar-refractivity contribution < 1.29 is 27.1 Å². The van der Waals surface area contributed by atoms with E-state index >= 15 is 0 Å². The number of halogens is 1. The summed E-state index contributed by atoms with van der Waals surface area (Å²) in [6, 6.07) is 11.9. The molecule has 1 saturated heterocycles. The van der Waals surface area contributed by atoms with Crippen LogP contribution in [0.4, 0.5) is 4.39 Å². The van der Waals surface area contributed by atoms with Gasteiger partial charge in [0.15, 0.2) is 28.0 Å². The van der Waals surface area contributed by atoms with Gasteiger partial charge in [0.2, 0.25) is 0 Å². The molecule has 0 unspecified atom stereocenters. The Balaban J connectivity index is 1.55. The van der Waals surface area contributed by atoms with Gasteiger partial charge in [-0.25, -0.2) is 12.8 Å². The number of rotatable bonds is 6. The number of hydrogen-bond donors (Lipinski definition) is 0. The van der Waals surface area contributed by atoms with Gasteiger partial charge >= 0.3 is 0 Å². The molecular weight excluding hydrogens is 361 g/mol. The molecule has 0 atom stereocenters. The Labute approximate surface area is 151 Å². The molecule has 3 rings (SSSR count). The summed E-state index contributed by atoms with van der Waals surface area (Å²) < 4.78 is 48.7. The minimum absolute atomic E-state index is 0.0104. The molecule has 1 heterocycles. The van der Waals surface area contributed by atoms with Crippen molar-refractivity contribution in [3.8, 4) is 11.5 Å². The molecule has 2 aromatic rings. The van der Waals surface area contributed by atoms with Gasteiger partial charge in [-0.15, -0.1) is 0 Å². The highest BCUT2D eigenvalue weighted by Crippen LogP contribution is 2.25. The van der Waals surface area contributed by atoms with Crippen molar-refractivity contribution in [3.05, 3.63) is 54.3 Å². The molecule has 0 aromatic heterocycles. The second-order valence-electron chi connectivity index (χ2n) is 5.86. The summed E-state index contributed by atoms with van der Waals surface area (Å²) in [6.45, 7) is -0.155. The summed E-state index contributed by atoms with van der Waals surface area (Å²) in [5.41, 5.74) is 0. The quantitative estimate of drug-likeness (QED) is 0.767. The number of nitrogens with zero attached hydrogens (tertiary/aromatic N) is 1. The first kappa shape index (κ1) is 18.2. The maximum atomic E-state index is 13.5. The number of sulfone groups is 1. The van der Waals surface area contributed by atoms with Crippen LogP contribution in [0, 0.1) is 5.82 Å². The lowest BCUT2D eigenvalue weighted by Gasteiger charge is -2.38. The zero-order chi connectivity index (χ0) is 18.7. The van der Waals surface area contributed by atoms with E-state index in [-0.39, 0.29) is 36.2 Å². The van der Waals surface area contributed by atoms with E-state index in [4.69, 9.17) is 9.47 Å². The standard InChI is InChI=1S/C18H18FNO5S/c1-24-13-6-8-14(9-7-13)26(22,23)15-10-20(11-15)18(21)12-25-17-5-3-2-4-16(17)19/h2-9,15H,10-12H2,1H3. The smallest absolute Gasteiger partial charge is 0.260 e. The van der Waals surface area contributed by atoms with Crippen molar-refractivity contribution in [3.63, 3.8) is 0 Å². The first-order valence-electron chi connectivity index (χ1n) is 7.95. The number of para-hydroxylation sites is 1. The predicted octanol–water partition coefficient (Wildman–Crippen LogP) is 1.90. The van der Waals surface area contributed by atoms with E-state index in [0.29, 0.717) is 5.75 Å². The van der Waals surface area contributed by atoms with Gasteiger partial charge < -0.3 is 14.4 Å². The van der Waals surface area contributed by atoms with Crippen LogP contribution in [0.1, 0.15) is 0 Å². The van der Waals surface area contributed by atoms with E-state index in [2.05, 4.69) is 0 Å². The highest BCUT2D eigenvalue weighted by atomic mass is 32.2. The molecule has 2 aromatic carbocycles. The molecule has 26 heavy (non-hydrogen) atoms. The van der Waals surface area contributed by atoms with Crippen LogP contribution in [0.2, 0.25) is 0 Å². The fourth-order valence-electron chi connectivity index (χ4n) is 2.59. The van der Waals surface area contributed by atoms with Crippen molar-refractivity contribution >= 4 is 15.7 Å². The van der Waals surface area contributed by atoms with E-state index in [1.165, 1.54) is 42.3 Å². The second kappa shape index (κ2) is 7.33. The molecule has 1 aliphatic rings. The van der Waals surface area contributed by atoms with Crippen LogP contribution in [0.5, 0.6) is 11.5 Å². The number of likely N-dealkylation sites (tertiary alicyclic amines) is 1. The van der Waals surface area contributed by atoms with Gasteiger partial charge in [-0.05, 0) is 36.4 Å². The molecule has 1 fully saturated rings. The van der Waals surface area contributed by atoms with E-state index in [1.54, 1.807) is 18.2 Å². The van der Waals surface area contributed by atoms with Gasteiger partial charge in [-0.1, -0.05) is 12.1 Å². The number of carbonyl (C=O) groups excluding carboxylic acids is 1. The molecule has 138 valence electrons. The third-order valence-electron chi connectivity index (χ3n) is 4.22. The number of carbonyl (C=O) groups is 1. The highest BCUT2D eigenvalue weighted by molar-refractivity contribution is 7.92. The minimum atomic E-state index is -3.52. The van der Waals surface area contributed by atoms with Gasteiger partial charge in [-0.3, -0.25) is 4.79 Å². The van der Waals surface area contributed by atoms with Crippen molar-refractivity contribution in [1.82, 2.24) is 4.90 Å². The molecule has 0 saturated carbocycles. The average molecular weight is 379 g/mol. The zero-order valence-electron chi connectivity index (χ0n) is 14.1. The maximum Gasteiger partial charge on any atom is 0.260 e. The Morgan fingerprint density at radius 3 is 2.42 bits per heavy atom. The van der Waals surface area contributed by atoms with E-state index in [1.807, 2.05) is 0 Å². The molecule has 0 N–H and O–H groups in total. The zero-order valence-corrected chi connectivity index (χ0v) is 14.9. The second-order valence-corrected chi connectivity index (χ2v) is 8.09. The number of amides is 1. The third kappa shape index (κ3) is 3.65. The van der Waals surface area contributed by atoms with E-state index in [0.717, 1.165) is 0 Å². The molecule has 1 amide bonds. The summed E-state index contributed by atoms with van der Waals surface area (Å²) in [7, 11) is -2.02. The third-order valence-corrected chi connectivity index (χ3v) is 6.32. The molecule has 0 spiro atoms. The van der Waals surface area contributed by atoms with Gasteiger partial charge in [-0.2, -0.15) is 0 Å². The lowest BCUT2D eigenvalue weighted by molar-refractivity contribution is -0.136. The summed E-state index contributed by atoms with van der Waals surface area (Å²) in [5.74, 6) is -0.373. The van der Waals surface area contributed by atoms with Crippen molar-refractivity contribution in [2.24, 2.45) is 0 Å². The summed E-state index contributed by atoms with van der Waals surface area (Å²) in [6.07, 6.45) is 0. The van der Waals surface area contributed by atoms with Crippen molar-refractivity contribution in [2.45, 2.75) is 10.1 Å². The first-order valence-corrected chi connectivity index (χ1v) is 9.49. The Hall–Kier alpha value is -2.61. The average Bonchev–Trinajstić information content (AvgIpc) is 2.59. The fraction of sp³-hybridized carbons (Fsp3) is 0.278. The van der Waals surface area contributed by atoms with Crippen LogP contribution >= 0.6 is 0 Å². The maximum absolute atomic E-state index is 13.5. The Morgan fingerprint density at radius 1 is 1.15 bits per heavy atom. The summed E-state index contributed by atoms with van der Waals surface area (Å²) >= 11 is 0. The Morgan fingerprint density at radius 2 is 1.81 bits per heavy atom. The number of ether oxygens (including phenoxy) is 2. The molecule has 0 radical (unpaired) electrons. The Kier molecular flexibility index (Phi) is 5.13. The van der Waals surface area contributed by atoms with Crippen LogP contribution in [0.3, 0.4) is 0 Å².